The Morgan fingerprint density at radius 2 is 1.95 bits per heavy atom. The van der Waals surface area contributed by atoms with E-state index in [9.17, 15) is 9.59 Å². The largest absolute Gasteiger partial charge is 0.475 e. The molecule has 0 aliphatic carbocycles. The van der Waals surface area contributed by atoms with Gasteiger partial charge in [-0.15, -0.1) is 0 Å². The van der Waals surface area contributed by atoms with Gasteiger partial charge in [-0.05, 0) is 38.0 Å². The SMILES string of the molecule is CCC(Br)(CBr)C(=O)c1cc2c(C)c(C(=O)O)oc2cc1C. The summed E-state index contributed by atoms with van der Waals surface area (Å²) in [5.74, 6) is -1.22. The molecule has 0 fully saturated rings. The van der Waals surface area contributed by atoms with Gasteiger partial charge < -0.3 is 9.52 Å². The zero-order valence-corrected chi connectivity index (χ0v) is 15.7. The maximum absolute atomic E-state index is 12.8. The van der Waals surface area contributed by atoms with Gasteiger partial charge in [0.1, 0.15) is 5.58 Å². The van der Waals surface area contributed by atoms with Crippen LogP contribution >= 0.6 is 31.9 Å². The monoisotopic (exact) mass is 430 g/mol. The molecule has 6 heteroatoms. The third kappa shape index (κ3) is 2.74. The summed E-state index contributed by atoms with van der Waals surface area (Å²) < 4.78 is 4.71. The van der Waals surface area contributed by atoms with E-state index >= 15 is 0 Å². The van der Waals surface area contributed by atoms with Crippen LogP contribution in [-0.2, 0) is 0 Å². The van der Waals surface area contributed by atoms with E-state index in [2.05, 4.69) is 31.9 Å². The fourth-order valence-corrected chi connectivity index (χ4v) is 3.24. The van der Waals surface area contributed by atoms with Crippen molar-refractivity contribution >= 4 is 54.6 Å². The van der Waals surface area contributed by atoms with Gasteiger partial charge in [-0.3, -0.25) is 4.79 Å². The molecule has 22 heavy (non-hydrogen) atoms. The number of hydrogen-bond donors (Lipinski definition) is 1. The van der Waals surface area contributed by atoms with Crippen molar-refractivity contribution in [1.82, 2.24) is 0 Å². The molecule has 1 atom stereocenters. The zero-order chi connectivity index (χ0) is 16.7. The molecule has 118 valence electrons. The predicted octanol–water partition coefficient (Wildman–Crippen LogP) is 4.87. The number of carbonyl (C=O) groups is 2. The van der Waals surface area contributed by atoms with Crippen LogP contribution in [0.25, 0.3) is 11.0 Å². The van der Waals surface area contributed by atoms with Crippen molar-refractivity contribution in [2.24, 2.45) is 0 Å². The molecule has 1 heterocycles. The highest BCUT2D eigenvalue weighted by Gasteiger charge is 2.34. The summed E-state index contributed by atoms with van der Waals surface area (Å²) in [7, 11) is 0. The Balaban J connectivity index is 2.66. The van der Waals surface area contributed by atoms with Crippen LogP contribution in [0.15, 0.2) is 16.5 Å². The van der Waals surface area contributed by atoms with Crippen molar-refractivity contribution in [1.29, 1.82) is 0 Å². The van der Waals surface area contributed by atoms with E-state index in [1.807, 2.05) is 13.8 Å². The third-order valence-electron chi connectivity index (χ3n) is 3.90. The van der Waals surface area contributed by atoms with E-state index in [0.29, 0.717) is 33.8 Å². The molecule has 1 aromatic carbocycles. The second-order valence-electron chi connectivity index (χ2n) is 5.31. The maximum atomic E-state index is 12.8. The van der Waals surface area contributed by atoms with Crippen LogP contribution in [0, 0.1) is 13.8 Å². The molecule has 0 radical (unpaired) electrons. The quantitative estimate of drug-likeness (QED) is 0.541. The Labute approximate surface area is 145 Å². The maximum Gasteiger partial charge on any atom is 0.372 e. The van der Waals surface area contributed by atoms with Crippen molar-refractivity contribution in [3.63, 3.8) is 0 Å². The number of halogens is 2. The number of carbonyl (C=O) groups excluding carboxylic acids is 1. The fraction of sp³-hybridized carbons (Fsp3) is 0.375. The number of carboxylic acid groups (broad SMARTS) is 1. The average Bonchev–Trinajstić information content (AvgIpc) is 2.81. The summed E-state index contributed by atoms with van der Waals surface area (Å²) in [6.07, 6.45) is 0.638. The topological polar surface area (TPSA) is 67.5 Å². The Bertz CT molecular complexity index is 757. The van der Waals surface area contributed by atoms with Crippen LogP contribution < -0.4 is 0 Å². The summed E-state index contributed by atoms with van der Waals surface area (Å²) in [6.45, 7) is 5.44. The molecule has 0 saturated carbocycles. The minimum absolute atomic E-state index is 0.0243. The first-order valence-corrected chi connectivity index (χ1v) is 8.73. The number of furan rings is 1. The summed E-state index contributed by atoms with van der Waals surface area (Å²) >= 11 is 6.89. The van der Waals surface area contributed by atoms with Crippen LogP contribution in [0.2, 0.25) is 0 Å². The van der Waals surface area contributed by atoms with Crippen LogP contribution in [0.4, 0.5) is 0 Å². The second-order valence-corrected chi connectivity index (χ2v) is 7.38. The molecule has 0 bridgehead atoms. The standard InChI is InChI=1S/C16H16Br2O4/c1-4-16(18,7-17)14(19)10-6-11-9(3)13(15(20)21)22-12(11)5-8(10)2/h5-6H,4,7H2,1-3H3,(H,20,21). The molecule has 0 aliphatic rings. The first-order valence-electron chi connectivity index (χ1n) is 6.82. The minimum Gasteiger partial charge on any atom is -0.475 e. The number of aromatic carboxylic acids is 1. The van der Waals surface area contributed by atoms with Crippen molar-refractivity contribution in [2.75, 3.05) is 5.33 Å². The van der Waals surface area contributed by atoms with Gasteiger partial charge in [-0.1, -0.05) is 38.8 Å². The van der Waals surface area contributed by atoms with Crippen LogP contribution in [0.3, 0.4) is 0 Å². The highest BCUT2D eigenvalue weighted by atomic mass is 79.9. The molecule has 1 N–H and O–H groups in total. The normalized spacial score (nSPS) is 14.0. The van der Waals surface area contributed by atoms with Gasteiger partial charge in [-0.2, -0.15) is 0 Å². The summed E-state index contributed by atoms with van der Waals surface area (Å²) in [5.41, 5.74) is 2.36. The highest BCUT2D eigenvalue weighted by Crippen LogP contribution is 2.34. The predicted molar refractivity (Wildman–Crippen MR) is 92.7 cm³/mol. The number of fused-ring (bicyclic) bond motifs is 1. The first-order chi connectivity index (χ1) is 10.2. The fourth-order valence-electron chi connectivity index (χ4n) is 2.37. The number of Topliss-reactive ketones (excluding diaryl/α,β-unsaturated/α-hetero) is 1. The minimum atomic E-state index is -1.11. The molecule has 1 aromatic heterocycles. The number of rotatable bonds is 5. The van der Waals surface area contributed by atoms with Crippen molar-refractivity contribution < 1.29 is 19.1 Å². The van der Waals surface area contributed by atoms with Crippen molar-refractivity contribution in [2.45, 2.75) is 31.5 Å². The van der Waals surface area contributed by atoms with E-state index in [0.717, 1.165) is 5.56 Å². The van der Waals surface area contributed by atoms with E-state index in [1.54, 1.807) is 19.1 Å². The number of carboxylic acids is 1. The molecule has 0 aliphatic heterocycles. The molecule has 2 rings (SSSR count). The second kappa shape index (κ2) is 6.16. The number of alkyl halides is 2. The van der Waals surface area contributed by atoms with E-state index in [4.69, 9.17) is 9.52 Å². The number of benzene rings is 1. The molecule has 0 amide bonds. The molecular weight excluding hydrogens is 416 g/mol. The molecule has 2 aromatic rings. The Hall–Kier alpha value is -1.14. The van der Waals surface area contributed by atoms with Gasteiger partial charge >= 0.3 is 5.97 Å². The number of ketones is 1. The van der Waals surface area contributed by atoms with Gasteiger partial charge in [0.05, 0.1) is 4.32 Å². The average molecular weight is 432 g/mol. The Kier molecular flexibility index (Phi) is 4.82. The van der Waals surface area contributed by atoms with Gasteiger partial charge in [0, 0.05) is 21.8 Å². The first kappa shape index (κ1) is 17.2. The van der Waals surface area contributed by atoms with E-state index in [1.165, 1.54) is 0 Å². The number of hydrogen-bond acceptors (Lipinski definition) is 3. The third-order valence-corrected chi connectivity index (χ3v) is 6.81. The lowest BCUT2D eigenvalue weighted by molar-refractivity contribution is 0.0663. The molecular formula is C16H16Br2O4. The van der Waals surface area contributed by atoms with Crippen LogP contribution in [-0.4, -0.2) is 26.5 Å². The lowest BCUT2D eigenvalue weighted by Crippen LogP contribution is -2.33. The molecule has 0 saturated heterocycles. The van der Waals surface area contributed by atoms with E-state index < -0.39 is 10.3 Å². The summed E-state index contributed by atoms with van der Waals surface area (Å²) in [5, 5.41) is 10.3. The van der Waals surface area contributed by atoms with Gasteiger partial charge in [0.2, 0.25) is 5.76 Å². The summed E-state index contributed by atoms with van der Waals surface area (Å²) in [4.78, 5) is 24.0. The molecule has 1 unspecified atom stereocenters. The Morgan fingerprint density at radius 1 is 1.32 bits per heavy atom. The van der Waals surface area contributed by atoms with Gasteiger partial charge in [0.15, 0.2) is 5.78 Å². The van der Waals surface area contributed by atoms with Crippen molar-refractivity contribution in [3.8, 4) is 0 Å². The van der Waals surface area contributed by atoms with Gasteiger partial charge in [0.25, 0.3) is 0 Å². The van der Waals surface area contributed by atoms with Crippen molar-refractivity contribution in [3.05, 3.63) is 34.6 Å². The highest BCUT2D eigenvalue weighted by molar-refractivity contribution is 9.12. The van der Waals surface area contributed by atoms with E-state index in [-0.39, 0.29) is 11.5 Å². The molecule has 4 nitrogen and oxygen atoms in total. The van der Waals surface area contributed by atoms with Gasteiger partial charge in [-0.25, -0.2) is 4.79 Å². The van der Waals surface area contributed by atoms with Crippen LogP contribution in [0.5, 0.6) is 0 Å². The lowest BCUT2D eigenvalue weighted by Gasteiger charge is -2.22. The number of aryl methyl sites for hydroxylation is 2. The smallest absolute Gasteiger partial charge is 0.372 e. The summed E-state index contributed by atoms with van der Waals surface area (Å²) in [6, 6.07) is 3.45. The van der Waals surface area contributed by atoms with Crippen LogP contribution in [0.1, 0.15) is 45.4 Å². The molecule has 0 spiro atoms. The lowest BCUT2D eigenvalue weighted by atomic mass is 9.92. The Morgan fingerprint density at radius 3 is 2.45 bits per heavy atom. The zero-order valence-electron chi connectivity index (χ0n) is 12.5.